The fourth-order valence-corrected chi connectivity index (χ4v) is 10.7. The molecule has 6 heteroatoms. The molecule has 3 atom stereocenters. The maximum absolute atomic E-state index is 6.12. The van der Waals surface area contributed by atoms with E-state index in [-0.39, 0.29) is 6.23 Å². The molecular formula is C30H42N4OSn. The van der Waals surface area contributed by atoms with E-state index in [0.29, 0.717) is 0 Å². The number of aromatic nitrogens is 3. The zero-order valence-electron chi connectivity index (χ0n) is 22.6. The van der Waals surface area contributed by atoms with E-state index in [1.807, 2.05) is 0 Å². The van der Waals surface area contributed by atoms with Gasteiger partial charge in [0, 0.05) is 0 Å². The summed E-state index contributed by atoms with van der Waals surface area (Å²) in [4.78, 5) is 15.2. The summed E-state index contributed by atoms with van der Waals surface area (Å²) in [5, 5.41) is 6.42. The normalized spacial score (nSPS) is 25.7. The van der Waals surface area contributed by atoms with Crippen LogP contribution in [-0.2, 0) is 17.6 Å². The van der Waals surface area contributed by atoms with Crippen LogP contribution in [0.25, 0.3) is 22.2 Å². The molecule has 3 aliphatic rings. The fourth-order valence-electron chi connectivity index (χ4n) is 6.75. The van der Waals surface area contributed by atoms with Crippen LogP contribution in [0, 0.1) is 0 Å². The number of likely N-dealkylation sites (tertiary alicyclic amines) is 1. The van der Waals surface area contributed by atoms with Crippen LogP contribution in [0.15, 0.2) is 30.5 Å². The number of aryl methyl sites for hydroxylation is 2. The first-order valence-electron chi connectivity index (χ1n) is 14.3. The van der Waals surface area contributed by atoms with E-state index < -0.39 is 18.4 Å². The number of hydrogen-bond acceptors (Lipinski definition) is 4. The van der Waals surface area contributed by atoms with Gasteiger partial charge in [-0.15, -0.1) is 0 Å². The van der Waals surface area contributed by atoms with Crippen molar-refractivity contribution in [1.82, 2.24) is 19.7 Å². The molecule has 0 radical (unpaired) electrons. The minimum absolute atomic E-state index is 0.0285. The van der Waals surface area contributed by atoms with Gasteiger partial charge in [0.1, 0.15) is 0 Å². The molecule has 0 spiro atoms. The Bertz CT molecular complexity index is 1240. The van der Waals surface area contributed by atoms with E-state index >= 15 is 0 Å². The number of nitrogens with zero attached hydrogens (tertiary/aromatic N) is 4. The van der Waals surface area contributed by atoms with Crippen molar-refractivity contribution in [2.24, 2.45) is 0 Å². The van der Waals surface area contributed by atoms with Gasteiger partial charge in [0.2, 0.25) is 0 Å². The Kier molecular flexibility index (Phi) is 6.93. The van der Waals surface area contributed by atoms with Crippen LogP contribution in [0.4, 0.5) is 0 Å². The first-order chi connectivity index (χ1) is 17.4. The van der Waals surface area contributed by atoms with Gasteiger partial charge in [-0.3, -0.25) is 0 Å². The van der Waals surface area contributed by atoms with E-state index in [1.165, 1.54) is 71.7 Å². The predicted molar refractivity (Wildman–Crippen MR) is 151 cm³/mol. The standard InChI is InChI=1S/C27H33N4O.3CH3.Sn/c1-19-5-4-13-30(19)25-11-9-20-7-8-22(15-21(20)10-12-25)23-16-24-18-29-31(27(24)28-17-23)26-6-2-3-14-32-26;;;;/h7-8,15-17,19,25-26H,2-6,9-14H2,1H3;3*1H3;/t19-,25?,26?;;;;/m1..../s1. The molecule has 2 saturated heterocycles. The Morgan fingerprint density at radius 1 is 0.917 bits per heavy atom. The van der Waals surface area contributed by atoms with Gasteiger partial charge in [0.25, 0.3) is 0 Å². The Labute approximate surface area is 220 Å². The van der Waals surface area contributed by atoms with Crippen molar-refractivity contribution >= 4 is 33.1 Å². The summed E-state index contributed by atoms with van der Waals surface area (Å²) < 4.78 is 9.54. The van der Waals surface area contributed by atoms with Crippen molar-refractivity contribution in [3.8, 4) is 11.1 Å². The Balaban J connectivity index is 1.32. The zero-order valence-corrected chi connectivity index (χ0v) is 25.4. The van der Waals surface area contributed by atoms with Crippen LogP contribution < -0.4 is 3.71 Å². The first kappa shape index (κ1) is 24.9. The fraction of sp³-hybridized carbons (Fsp3) is 0.600. The Morgan fingerprint density at radius 2 is 1.75 bits per heavy atom. The second-order valence-electron chi connectivity index (χ2n) is 12.4. The average molecular weight is 593 g/mol. The number of hydrogen-bond donors (Lipinski definition) is 0. The van der Waals surface area contributed by atoms with Gasteiger partial charge in [-0.05, 0) is 19.8 Å². The molecule has 4 heterocycles. The van der Waals surface area contributed by atoms with Crippen LogP contribution in [0.2, 0.25) is 14.8 Å². The summed E-state index contributed by atoms with van der Waals surface area (Å²) in [6.07, 6.45) is 13.2. The van der Waals surface area contributed by atoms with Crippen molar-refractivity contribution in [1.29, 1.82) is 0 Å². The molecule has 2 aliphatic heterocycles. The molecule has 0 bridgehead atoms. The molecule has 1 aliphatic carbocycles. The SMILES string of the molecule is C[C@@H]1CCCN1C1CCc2ccc(-c3cnc4c(c3)[c]([Sn]([CH3])([CH3])[CH3])nn4C3CCCCO3)cc2CC1. The topological polar surface area (TPSA) is 43.2 Å². The molecule has 36 heavy (non-hydrogen) atoms. The van der Waals surface area contributed by atoms with Gasteiger partial charge < -0.3 is 0 Å². The Hall–Kier alpha value is -1.44. The molecule has 5 nitrogen and oxygen atoms in total. The molecule has 1 aromatic carbocycles. The second kappa shape index (κ2) is 10.0. The van der Waals surface area contributed by atoms with Gasteiger partial charge in [-0.2, -0.15) is 0 Å². The molecule has 192 valence electrons. The number of fused-ring (bicyclic) bond motifs is 2. The van der Waals surface area contributed by atoms with Crippen LogP contribution in [0.3, 0.4) is 0 Å². The third-order valence-electron chi connectivity index (χ3n) is 8.79. The summed E-state index contributed by atoms with van der Waals surface area (Å²) in [6, 6.07) is 11.1. The van der Waals surface area contributed by atoms with Crippen LogP contribution in [0.5, 0.6) is 0 Å². The molecular weight excluding hydrogens is 551 g/mol. The molecule has 0 saturated carbocycles. The van der Waals surface area contributed by atoms with Gasteiger partial charge in [0.05, 0.1) is 0 Å². The Morgan fingerprint density at radius 3 is 2.47 bits per heavy atom. The molecule has 6 rings (SSSR count). The number of rotatable bonds is 4. The zero-order chi connectivity index (χ0) is 24.9. The molecule has 3 aromatic rings. The van der Waals surface area contributed by atoms with Gasteiger partial charge in [0.15, 0.2) is 0 Å². The van der Waals surface area contributed by atoms with Crippen molar-refractivity contribution in [3.63, 3.8) is 0 Å². The molecule has 2 aromatic heterocycles. The van der Waals surface area contributed by atoms with Crippen molar-refractivity contribution in [2.75, 3.05) is 13.2 Å². The van der Waals surface area contributed by atoms with E-state index in [9.17, 15) is 0 Å². The molecule has 0 N–H and O–H groups in total. The minimum atomic E-state index is -2.47. The van der Waals surface area contributed by atoms with Gasteiger partial charge >= 0.3 is 201 Å². The second-order valence-corrected chi connectivity index (χ2v) is 26.6. The quantitative estimate of drug-likeness (QED) is 0.272. The summed E-state index contributed by atoms with van der Waals surface area (Å²) in [7, 11) is 0. The van der Waals surface area contributed by atoms with Crippen LogP contribution in [0.1, 0.15) is 69.2 Å². The number of ether oxygens (including phenoxy) is 1. The average Bonchev–Trinajstić information content (AvgIpc) is 3.41. The third-order valence-corrected chi connectivity index (χ3v) is 13.9. The molecule has 0 amide bonds. The first-order valence-corrected chi connectivity index (χ1v) is 24.3. The van der Waals surface area contributed by atoms with E-state index in [1.54, 1.807) is 11.1 Å². The van der Waals surface area contributed by atoms with E-state index in [2.05, 4.69) is 61.8 Å². The summed E-state index contributed by atoms with van der Waals surface area (Å²) in [6.45, 7) is 4.54. The summed E-state index contributed by atoms with van der Waals surface area (Å²) >= 11 is -2.47. The predicted octanol–water partition coefficient (Wildman–Crippen LogP) is 6.07. The van der Waals surface area contributed by atoms with E-state index in [0.717, 1.165) is 37.2 Å². The summed E-state index contributed by atoms with van der Waals surface area (Å²) in [5.74, 6) is 0. The monoisotopic (exact) mass is 594 g/mol. The van der Waals surface area contributed by atoms with Crippen molar-refractivity contribution in [3.05, 3.63) is 41.6 Å². The number of benzene rings is 1. The van der Waals surface area contributed by atoms with Crippen molar-refractivity contribution in [2.45, 2.75) is 97.8 Å². The third kappa shape index (κ3) is 4.76. The van der Waals surface area contributed by atoms with Crippen LogP contribution >= 0.6 is 0 Å². The molecule has 2 fully saturated rings. The van der Waals surface area contributed by atoms with Gasteiger partial charge in [-0.1, -0.05) is 0 Å². The number of pyridine rings is 1. The van der Waals surface area contributed by atoms with Crippen molar-refractivity contribution < 1.29 is 4.74 Å². The molecule has 2 unspecified atom stereocenters. The van der Waals surface area contributed by atoms with E-state index in [4.69, 9.17) is 14.8 Å². The maximum atomic E-state index is 6.12. The summed E-state index contributed by atoms with van der Waals surface area (Å²) in [5.41, 5.74) is 6.62. The van der Waals surface area contributed by atoms with Gasteiger partial charge in [-0.25, -0.2) is 0 Å². The van der Waals surface area contributed by atoms with Crippen LogP contribution in [-0.4, -0.2) is 63.3 Å².